The number of nitrogens with zero attached hydrogens (tertiary/aromatic N) is 1. The molecule has 1 aliphatic rings. The highest BCUT2D eigenvalue weighted by molar-refractivity contribution is 5.83. The van der Waals surface area contributed by atoms with Crippen molar-refractivity contribution in [2.45, 2.75) is 25.2 Å². The van der Waals surface area contributed by atoms with Crippen molar-refractivity contribution in [1.29, 1.82) is 0 Å². The van der Waals surface area contributed by atoms with E-state index < -0.39 is 23.2 Å². The summed E-state index contributed by atoms with van der Waals surface area (Å²) in [6.45, 7) is 3.03. The number of hydrogen-bond donors (Lipinski definition) is 1. The number of nitrogens with two attached hydrogens (primary N) is 1. The molecule has 0 unspecified atom stereocenters. The second kappa shape index (κ2) is 5.65. The molecule has 1 aromatic carbocycles. The van der Waals surface area contributed by atoms with Crippen LogP contribution in [0.25, 0.3) is 0 Å². The Kier molecular flexibility index (Phi) is 4.25. The fourth-order valence-electron chi connectivity index (χ4n) is 2.34. The molecule has 7 heteroatoms. The van der Waals surface area contributed by atoms with Gasteiger partial charge in [0.15, 0.2) is 5.60 Å². The standard InChI is InChI=1S/C14H17F3N2O2/c1-13(12(18)20)9-19(5-6-21-13)8-10-3-2-4-11(7-10)14(15,16)17/h2-4,7H,5-6,8-9H2,1H3,(H2,18,20)/t13-/m0/s1. The molecule has 2 rings (SSSR count). The summed E-state index contributed by atoms with van der Waals surface area (Å²) in [5, 5.41) is 0. The number of halogens is 3. The van der Waals surface area contributed by atoms with Crippen molar-refractivity contribution in [2.75, 3.05) is 19.7 Å². The van der Waals surface area contributed by atoms with Crippen molar-refractivity contribution in [3.05, 3.63) is 35.4 Å². The summed E-state index contributed by atoms with van der Waals surface area (Å²) in [6, 6.07) is 5.17. The third-order valence-electron chi connectivity index (χ3n) is 3.54. The maximum Gasteiger partial charge on any atom is 0.416 e. The van der Waals surface area contributed by atoms with E-state index in [1.807, 2.05) is 4.90 Å². The van der Waals surface area contributed by atoms with Gasteiger partial charge in [0, 0.05) is 19.6 Å². The van der Waals surface area contributed by atoms with Gasteiger partial charge in [-0.3, -0.25) is 9.69 Å². The van der Waals surface area contributed by atoms with E-state index in [9.17, 15) is 18.0 Å². The van der Waals surface area contributed by atoms with Crippen molar-refractivity contribution < 1.29 is 22.7 Å². The van der Waals surface area contributed by atoms with Crippen LogP contribution in [0.4, 0.5) is 13.2 Å². The van der Waals surface area contributed by atoms with Gasteiger partial charge in [-0.25, -0.2) is 0 Å². The van der Waals surface area contributed by atoms with Crippen LogP contribution in [0.2, 0.25) is 0 Å². The van der Waals surface area contributed by atoms with Gasteiger partial charge in [-0.15, -0.1) is 0 Å². The molecule has 0 spiro atoms. The van der Waals surface area contributed by atoms with E-state index in [2.05, 4.69) is 0 Å². The van der Waals surface area contributed by atoms with Crippen LogP contribution in [-0.4, -0.2) is 36.1 Å². The monoisotopic (exact) mass is 302 g/mol. The van der Waals surface area contributed by atoms with Gasteiger partial charge in [-0.1, -0.05) is 18.2 Å². The van der Waals surface area contributed by atoms with E-state index >= 15 is 0 Å². The number of benzene rings is 1. The summed E-state index contributed by atoms with van der Waals surface area (Å²) in [4.78, 5) is 13.2. The molecule has 1 aromatic rings. The van der Waals surface area contributed by atoms with Crippen molar-refractivity contribution in [3.63, 3.8) is 0 Å². The molecular formula is C14H17F3N2O2. The number of ether oxygens (including phenoxy) is 1. The third-order valence-corrected chi connectivity index (χ3v) is 3.54. The van der Waals surface area contributed by atoms with E-state index in [1.165, 1.54) is 6.07 Å². The highest BCUT2D eigenvalue weighted by Gasteiger charge is 2.37. The zero-order valence-corrected chi connectivity index (χ0v) is 11.6. The van der Waals surface area contributed by atoms with Crippen LogP contribution in [-0.2, 0) is 22.3 Å². The number of carbonyl (C=O) groups is 1. The summed E-state index contributed by atoms with van der Waals surface area (Å²) in [6.07, 6.45) is -4.36. The molecule has 0 radical (unpaired) electrons. The molecule has 1 fully saturated rings. The van der Waals surface area contributed by atoms with Gasteiger partial charge in [0.05, 0.1) is 12.2 Å². The maximum absolute atomic E-state index is 12.7. The summed E-state index contributed by atoms with van der Waals surface area (Å²) < 4.78 is 43.4. The van der Waals surface area contributed by atoms with E-state index in [0.29, 0.717) is 25.3 Å². The first kappa shape index (κ1) is 15.8. The molecule has 21 heavy (non-hydrogen) atoms. The lowest BCUT2D eigenvalue weighted by molar-refractivity contribution is -0.153. The fourth-order valence-corrected chi connectivity index (χ4v) is 2.34. The highest BCUT2D eigenvalue weighted by atomic mass is 19.4. The molecule has 0 aliphatic carbocycles. The van der Waals surface area contributed by atoms with Crippen LogP contribution in [0.1, 0.15) is 18.1 Å². The van der Waals surface area contributed by atoms with Crippen LogP contribution in [0.15, 0.2) is 24.3 Å². The van der Waals surface area contributed by atoms with E-state index in [0.717, 1.165) is 12.1 Å². The lowest BCUT2D eigenvalue weighted by atomic mass is 10.0. The first-order valence-electron chi connectivity index (χ1n) is 6.53. The molecule has 1 amide bonds. The minimum atomic E-state index is -4.36. The second-order valence-electron chi connectivity index (χ2n) is 5.35. The van der Waals surface area contributed by atoms with Gasteiger partial charge in [0.1, 0.15) is 0 Å². The van der Waals surface area contributed by atoms with Crippen LogP contribution >= 0.6 is 0 Å². The summed E-state index contributed by atoms with van der Waals surface area (Å²) >= 11 is 0. The number of alkyl halides is 3. The Labute approximate surface area is 120 Å². The SMILES string of the molecule is C[C@@]1(C(N)=O)CN(Cc2cccc(C(F)(F)F)c2)CCO1. The smallest absolute Gasteiger partial charge is 0.367 e. The number of morpholine rings is 1. The molecule has 1 atom stereocenters. The Hall–Kier alpha value is -1.60. The molecular weight excluding hydrogens is 285 g/mol. The first-order chi connectivity index (χ1) is 9.71. The fraction of sp³-hybridized carbons (Fsp3) is 0.500. The summed E-state index contributed by atoms with van der Waals surface area (Å²) in [7, 11) is 0. The molecule has 2 N–H and O–H groups in total. The lowest BCUT2D eigenvalue weighted by Gasteiger charge is -2.38. The lowest BCUT2D eigenvalue weighted by Crippen LogP contribution is -2.56. The van der Waals surface area contributed by atoms with Gasteiger partial charge >= 0.3 is 6.18 Å². The number of hydrogen-bond acceptors (Lipinski definition) is 3. The van der Waals surface area contributed by atoms with Crippen molar-refractivity contribution in [3.8, 4) is 0 Å². The zero-order valence-electron chi connectivity index (χ0n) is 11.6. The number of rotatable bonds is 3. The normalized spacial score (nSPS) is 24.0. The number of primary amides is 1. The predicted molar refractivity (Wildman–Crippen MR) is 70.3 cm³/mol. The van der Waals surface area contributed by atoms with Gasteiger partial charge in [-0.05, 0) is 18.6 Å². The summed E-state index contributed by atoms with van der Waals surface area (Å²) in [5.74, 6) is -0.573. The Morgan fingerprint density at radius 3 is 2.81 bits per heavy atom. The maximum atomic E-state index is 12.7. The number of carbonyl (C=O) groups excluding carboxylic acids is 1. The highest BCUT2D eigenvalue weighted by Crippen LogP contribution is 2.30. The molecule has 4 nitrogen and oxygen atoms in total. The van der Waals surface area contributed by atoms with Crippen LogP contribution in [0.5, 0.6) is 0 Å². The van der Waals surface area contributed by atoms with Crippen LogP contribution < -0.4 is 5.73 Å². The van der Waals surface area contributed by atoms with Crippen molar-refractivity contribution >= 4 is 5.91 Å². The average Bonchev–Trinajstić information content (AvgIpc) is 2.38. The molecule has 116 valence electrons. The molecule has 1 saturated heterocycles. The molecule has 0 aromatic heterocycles. The van der Waals surface area contributed by atoms with Crippen molar-refractivity contribution in [1.82, 2.24) is 4.90 Å². The average molecular weight is 302 g/mol. The van der Waals surface area contributed by atoms with E-state index in [1.54, 1.807) is 13.0 Å². The number of amides is 1. The van der Waals surface area contributed by atoms with Crippen molar-refractivity contribution in [2.24, 2.45) is 5.73 Å². The Balaban J connectivity index is 2.10. The van der Waals surface area contributed by atoms with Crippen LogP contribution in [0.3, 0.4) is 0 Å². The Morgan fingerprint density at radius 1 is 1.48 bits per heavy atom. The Morgan fingerprint density at radius 2 is 2.19 bits per heavy atom. The summed E-state index contributed by atoms with van der Waals surface area (Å²) in [5.41, 5.74) is 4.07. The van der Waals surface area contributed by atoms with Gasteiger partial charge in [0.2, 0.25) is 0 Å². The van der Waals surface area contributed by atoms with Gasteiger partial charge in [0.25, 0.3) is 5.91 Å². The Bertz CT molecular complexity index is 533. The largest absolute Gasteiger partial charge is 0.416 e. The van der Waals surface area contributed by atoms with E-state index in [-0.39, 0.29) is 6.54 Å². The zero-order chi connectivity index (χ0) is 15.7. The van der Waals surface area contributed by atoms with Gasteiger partial charge in [-0.2, -0.15) is 13.2 Å². The second-order valence-corrected chi connectivity index (χ2v) is 5.35. The molecule has 0 bridgehead atoms. The first-order valence-corrected chi connectivity index (χ1v) is 6.53. The van der Waals surface area contributed by atoms with Gasteiger partial charge < -0.3 is 10.5 Å². The quantitative estimate of drug-likeness (QED) is 0.926. The third kappa shape index (κ3) is 3.74. The topological polar surface area (TPSA) is 55.6 Å². The molecule has 1 aliphatic heterocycles. The molecule has 1 heterocycles. The van der Waals surface area contributed by atoms with Crippen LogP contribution in [0, 0.1) is 0 Å². The van der Waals surface area contributed by atoms with E-state index in [4.69, 9.17) is 10.5 Å². The predicted octanol–water partition coefficient (Wildman–Crippen LogP) is 1.78. The minimum absolute atomic E-state index is 0.262. The molecule has 0 saturated carbocycles. The minimum Gasteiger partial charge on any atom is -0.367 e.